The predicted octanol–water partition coefficient (Wildman–Crippen LogP) is 3.74. The van der Waals surface area contributed by atoms with E-state index < -0.39 is 0 Å². The fourth-order valence-corrected chi connectivity index (χ4v) is 2.35. The van der Waals surface area contributed by atoms with Gasteiger partial charge in [-0.25, -0.2) is 0 Å². The van der Waals surface area contributed by atoms with E-state index in [2.05, 4.69) is 56.4 Å². The van der Waals surface area contributed by atoms with Gasteiger partial charge < -0.3 is 4.57 Å². The van der Waals surface area contributed by atoms with Gasteiger partial charge in [-0.1, -0.05) is 48.5 Å². The Hall–Kier alpha value is -2.28. The van der Waals surface area contributed by atoms with Gasteiger partial charge in [-0.15, -0.1) is 0 Å². The predicted molar refractivity (Wildman–Crippen MR) is 75.1 cm³/mol. The summed E-state index contributed by atoms with van der Waals surface area (Å²) < 4.78 is 1.91. The van der Waals surface area contributed by atoms with Crippen LogP contribution in [0.5, 0.6) is 0 Å². The summed E-state index contributed by atoms with van der Waals surface area (Å²) in [6, 6.07) is 19.1. The third-order valence-electron chi connectivity index (χ3n) is 3.31. The zero-order valence-electron chi connectivity index (χ0n) is 10.4. The molecule has 0 spiro atoms. The first-order valence-corrected chi connectivity index (χ1v) is 6.07. The smallest absolute Gasteiger partial charge is 0.112 e. The van der Waals surface area contributed by atoms with Gasteiger partial charge >= 0.3 is 0 Å². The molecular weight excluding hydrogens is 218 g/mol. The zero-order valence-corrected chi connectivity index (χ0v) is 10.4. The lowest BCUT2D eigenvalue weighted by molar-refractivity contribution is -0.600. The molecule has 1 heterocycles. The molecule has 0 radical (unpaired) electrons. The molecule has 0 aliphatic carbocycles. The quantitative estimate of drug-likeness (QED) is 0.445. The molecule has 0 aliphatic heterocycles. The minimum atomic E-state index is 1.14. The first-order chi connectivity index (χ1) is 8.75. The van der Waals surface area contributed by atoms with Crippen LogP contribution >= 0.6 is 0 Å². The number of nitrogens with zero attached hydrogens (tertiary/aromatic N) is 1. The minimum absolute atomic E-state index is 1.14. The molecule has 3 aromatic rings. The molecule has 1 heteroatoms. The van der Waals surface area contributed by atoms with Crippen LogP contribution in [0.3, 0.4) is 0 Å². The third-order valence-corrected chi connectivity index (χ3v) is 3.31. The lowest BCUT2D eigenvalue weighted by Gasteiger charge is -2.11. The van der Waals surface area contributed by atoms with E-state index in [9.17, 15) is 0 Å². The molecular formula is C17H15N. The van der Waals surface area contributed by atoms with Crippen molar-refractivity contribution in [3.05, 3.63) is 73.4 Å². The maximum Gasteiger partial charge on any atom is 0.112 e. The van der Waals surface area contributed by atoms with Crippen molar-refractivity contribution in [1.82, 2.24) is 0 Å². The highest BCUT2D eigenvalue weighted by Gasteiger charge is 2.06. The molecule has 0 atom stereocenters. The van der Waals surface area contributed by atoms with Crippen LogP contribution in [0.4, 0.5) is 0 Å². The number of rotatable bonds is 1. The van der Waals surface area contributed by atoms with Crippen LogP contribution in [-0.4, -0.2) is 0 Å². The fraction of sp³-hybridized carbons (Fsp3) is 0.0588. The summed E-state index contributed by atoms with van der Waals surface area (Å²) in [7, 11) is 4.03. The van der Waals surface area contributed by atoms with E-state index in [-0.39, 0.29) is 0 Å². The number of fused-ring (bicyclic) bond motifs is 1. The average Bonchev–Trinajstić information content (AvgIpc) is 2.39. The maximum atomic E-state index is 4.03. The Morgan fingerprint density at radius 1 is 0.889 bits per heavy atom. The minimum Gasteiger partial charge on any atom is -0.333 e. The molecule has 0 aliphatic rings. The van der Waals surface area contributed by atoms with E-state index in [1.54, 1.807) is 0 Å². The van der Waals surface area contributed by atoms with Gasteiger partial charge in [0.25, 0.3) is 0 Å². The number of pyridine rings is 1. The summed E-state index contributed by atoms with van der Waals surface area (Å²) in [5.74, 6) is 0. The van der Waals surface area contributed by atoms with Gasteiger partial charge in [0.2, 0.25) is 0 Å². The molecule has 0 unspecified atom stereocenters. The van der Waals surface area contributed by atoms with Gasteiger partial charge in [0, 0.05) is 7.05 Å². The Bertz CT molecular complexity index is 714. The lowest BCUT2D eigenvalue weighted by atomic mass is 9.99. The first kappa shape index (κ1) is 10.8. The van der Waals surface area contributed by atoms with Crippen LogP contribution in [0.15, 0.2) is 60.8 Å². The molecule has 1 nitrogen and oxygen atoms in total. The summed E-state index contributed by atoms with van der Waals surface area (Å²) in [6.07, 6.45) is 1.98. The molecule has 3 rings (SSSR count). The summed E-state index contributed by atoms with van der Waals surface area (Å²) in [5.41, 5.74) is 3.65. The molecule has 0 fully saturated rings. The Kier molecular flexibility index (Phi) is 2.52. The van der Waals surface area contributed by atoms with Crippen LogP contribution in [0.1, 0.15) is 5.56 Å². The Balaban J connectivity index is 2.30. The highest BCUT2D eigenvalue weighted by Crippen LogP contribution is 2.26. The van der Waals surface area contributed by atoms with E-state index >= 15 is 0 Å². The SMILES string of the molecule is [CH2-][n+]1ccccc1-c1cc2ccccc2cc1C. The van der Waals surface area contributed by atoms with Gasteiger partial charge in [-0.2, -0.15) is 0 Å². The van der Waals surface area contributed by atoms with Crippen LogP contribution in [0.2, 0.25) is 0 Å². The van der Waals surface area contributed by atoms with Gasteiger partial charge in [0.05, 0.1) is 6.20 Å². The van der Waals surface area contributed by atoms with Gasteiger partial charge in [0.1, 0.15) is 5.69 Å². The molecule has 0 N–H and O–H groups in total. The number of aromatic nitrogens is 1. The maximum absolute atomic E-state index is 4.03. The van der Waals surface area contributed by atoms with Crippen LogP contribution in [0, 0.1) is 14.0 Å². The molecule has 0 bridgehead atoms. The average molecular weight is 233 g/mol. The molecule has 88 valence electrons. The first-order valence-electron chi connectivity index (χ1n) is 6.07. The second-order valence-corrected chi connectivity index (χ2v) is 4.57. The second kappa shape index (κ2) is 4.19. The van der Waals surface area contributed by atoms with Crippen molar-refractivity contribution >= 4 is 10.8 Å². The van der Waals surface area contributed by atoms with Crippen LogP contribution < -0.4 is 4.57 Å². The number of hydrogen-bond acceptors (Lipinski definition) is 0. The molecule has 0 saturated heterocycles. The highest BCUT2D eigenvalue weighted by atomic mass is 14.9. The second-order valence-electron chi connectivity index (χ2n) is 4.57. The van der Waals surface area contributed by atoms with Crippen LogP contribution in [-0.2, 0) is 0 Å². The number of aryl methyl sites for hydroxylation is 1. The molecule has 18 heavy (non-hydrogen) atoms. The topological polar surface area (TPSA) is 3.88 Å². The van der Waals surface area contributed by atoms with E-state index in [0.29, 0.717) is 0 Å². The van der Waals surface area contributed by atoms with Gasteiger partial charge in [0.15, 0.2) is 0 Å². The summed E-state index contributed by atoms with van der Waals surface area (Å²) in [6.45, 7) is 2.15. The van der Waals surface area contributed by atoms with Crippen molar-refractivity contribution in [2.24, 2.45) is 0 Å². The number of benzene rings is 2. The zero-order chi connectivity index (χ0) is 12.5. The lowest BCUT2D eigenvalue weighted by Crippen LogP contribution is -2.27. The molecule has 1 aromatic heterocycles. The highest BCUT2D eigenvalue weighted by molar-refractivity contribution is 5.88. The fourth-order valence-electron chi connectivity index (χ4n) is 2.35. The van der Waals surface area contributed by atoms with Crippen molar-refractivity contribution < 1.29 is 4.57 Å². The van der Waals surface area contributed by atoms with Gasteiger partial charge in [-0.3, -0.25) is 0 Å². The normalized spacial score (nSPS) is 10.7. The standard InChI is InChI=1S/C17H15N/c1-13-11-14-7-3-4-8-15(14)12-16(13)17-9-5-6-10-18(17)2/h3-12H,2H2,1H3. The third kappa shape index (κ3) is 1.74. The van der Waals surface area contributed by atoms with Crippen molar-refractivity contribution in [2.75, 3.05) is 0 Å². The Morgan fingerprint density at radius 3 is 2.28 bits per heavy atom. The summed E-state index contributed by atoms with van der Waals surface area (Å²) >= 11 is 0. The van der Waals surface area contributed by atoms with Gasteiger partial charge in [-0.05, 0) is 34.9 Å². The monoisotopic (exact) mass is 233 g/mol. The summed E-state index contributed by atoms with van der Waals surface area (Å²) in [5, 5.41) is 2.55. The molecule has 0 amide bonds. The van der Waals surface area contributed by atoms with E-state index in [1.807, 2.05) is 22.9 Å². The van der Waals surface area contributed by atoms with E-state index in [1.165, 1.54) is 21.9 Å². The van der Waals surface area contributed by atoms with Crippen molar-refractivity contribution in [1.29, 1.82) is 0 Å². The Morgan fingerprint density at radius 2 is 1.56 bits per heavy atom. The molecule has 0 saturated carbocycles. The summed E-state index contributed by atoms with van der Waals surface area (Å²) in [4.78, 5) is 0. The Labute approximate surface area is 107 Å². The van der Waals surface area contributed by atoms with Crippen molar-refractivity contribution in [3.63, 3.8) is 0 Å². The van der Waals surface area contributed by atoms with Crippen molar-refractivity contribution in [2.45, 2.75) is 6.92 Å². The molecule has 2 aromatic carbocycles. The van der Waals surface area contributed by atoms with Crippen LogP contribution in [0.25, 0.3) is 22.0 Å². The number of hydrogen-bond donors (Lipinski definition) is 0. The van der Waals surface area contributed by atoms with Crippen molar-refractivity contribution in [3.8, 4) is 11.3 Å². The van der Waals surface area contributed by atoms with E-state index in [0.717, 1.165) is 5.69 Å². The van der Waals surface area contributed by atoms with E-state index in [4.69, 9.17) is 0 Å². The largest absolute Gasteiger partial charge is 0.333 e.